The summed E-state index contributed by atoms with van der Waals surface area (Å²) in [5.74, 6) is -0.0646. The lowest BCUT2D eigenvalue weighted by Gasteiger charge is -2.34. The van der Waals surface area contributed by atoms with Crippen LogP contribution in [-0.4, -0.2) is 96.5 Å². The lowest BCUT2D eigenvalue weighted by molar-refractivity contribution is -0.121. The lowest BCUT2D eigenvalue weighted by atomic mass is 10.2. The number of ether oxygens (including phenoxy) is 1. The molecule has 1 saturated heterocycles. The van der Waals surface area contributed by atoms with E-state index in [9.17, 15) is 19.2 Å². The molecule has 188 valence electrons. The second-order valence-electron chi connectivity index (χ2n) is 8.46. The first kappa shape index (κ1) is 24.2. The summed E-state index contributed by atoms with van der Waals surface area (Å²) in [4.78, 5) is 57.9. The van der Waals surface area contributed by atoms with Crippen LogP contribution in [0.15, 0.2) is 22.1 Å². The number of nitrogens with one attached hydrogen (secondary N) is 1. The predicted octanol–water partition coefficient (Wildman–Crippen LogP) is -2.25. The molecule has 4 heterocycles. The van der Waals surface area contributed by atoms with Crippen LogP contribution < -0.4 is 21.3 Å². The van der Waals surface area contributed by atoms with E-state index in [0.717, 1.165) is 4.57 Å². The van der Waals surface area contributed by atoms with E-state index in [-0.39, 0.29) is 29.5 Å². The lowest BCUT2D eigenvalue weighted by Crippen LogP contribution is -2.50. The molecule has 2 amide bonds. The number of carbonyl (C=O) groups is 2. The van der Waals surface area contributed by atoms with Gasteiger partial charge in [0.2, 0.25) is 11.8 Å². The normalized spacial score (nSPS) is 14.5. The molecule has 0 aliphatic carbocycles. The van der Waals surface area contributed by atoms with Gasteiger partial charge in [-0.3, -0.25) is 33.1 Å². The van der Waals surface area contributed by atoms with Crippen molar-refractivity contribution in [3.8, 4) is 5.88 Å². The second-order valence-corrected chi connectivity index (χ2v) is 8.46. The number of aryl methyl sites for hydroxylation is 2. The zero-order valence-corrected chi connectivity index (χ0v) is 20.2. The molecule has 0 unspecified atom stereocenters. The van der Waals surface area contributed by atoms with Gasteiger partial charge in [0.05, 0.1) is 13.4 Å². The summed E-state index contributed by atoms with van der Waals surface area (Å²) in [6.45, 7) is 3.46. The molecule has 0 saturated carbocycles. The van der Waals surface area contributed by atoms with Crippen LogP contribution in [0.5, 0.6) is 5.88 Å². The van der Waals surface area contributed by atoms with Gasteiger partial charge in [-0.1, -0.05) is 0 Å². The van der Waals surface area contributed by atoms with E-state index < -0.39 is 11.2 Å². The number of piperazine rings is 1. The van der Waals surface area contributed by atoms with Crippen molar-refractivity contribution in [3.05, 3.63) is 38.9 Å². The Morgan fingerprint density at radius 3 is 2.49 bits per heavy atom. The fourth-order valence-corrected chi connectivity index (χ4v) is 4.19. The van der Waals surface area contributed by atoms with E-state index in [0.29, 0.717) is 50.7 Å². The molecule has 0 spiro atoms. The van der Waals surface area contributed by atoms with Gasteiger partial charge in [0.1, 0.15) is 12.1 Å². The molecule has 3 aromatic rings. The predicted molar refractivity (Wildman–Crippen MR) is 125 cm³/mol. The molecule has 0 atom stereocenters. The molecular formula is C21H29N9O5. The molecular weight excluding hydrogens is 458 g/mol. The fraction of sp³-hybridized carbons (Fsp3) is 0.524. The Hall–Kier alpha value is -3.94. The summed E-state index contributed by atoms with van der Waals surface area (Å²) in [5.41, 5.74) is -0.0843. The third-order valence-electron chi connectivity index (χ3n) is 6.16. The van der Waals surface area contributed by atoms with Crippen LogP contribution in [0.25, 0.3) is 11.2 Å². The van der Waals surface area contributed by atoms with Crippen molar-refractivity contribution in [1.29, 1.82) is 0 Å². The largest absolute Gasteiger partial charge is 0.479 e. The van der Waals surface area contributed by atoms with Crippen LogP contribution in [0.3, 0.4) is 0 Å². The molecule has 1 aliphatic heterocycles. The molecule has 1 aliphatic rings. The molecule has 1 fully saturated rings. The molecule has 0 radical (unpaired) electrons. The van der Waals surface area contributed by atoms with E-state index in [4.69, 9.17) is 4.74 Å². The molecule has 14 nitrogen and oxygen atoms in total. The number of hydrogen-bond donors (Lipinski definition) is 1. The third kappa shape index (κ3) is 4.69. The minimum absolute atomic E-state index is 0.0842. The highest BCUT2D eigenvalue weighted by atomic mass is 16.5. The molecule has 0 bridgehead atoms. The zero-order valence-electron chi connectivity index (χ0n) is 20.2. The Morgan fingerprint density at radius 1 is 1.09 bits per heavy atom. The number of hydrogen-bond acceptors (Lipinski definition) is 8. The fourth-order valence-electron chi connectivity index (χ4n) is 4.19. The first-order valence-electron chi connectivity index (χ1n) is 11.2. The minimum atomic E-state index is -0.496. The summed E-state index contributed by atoms with van der Waals surface area (Å²) in [5, 5.41) is 6.99. The number of rotatable bonds is 7. The van der Waals surface area contributed by atoms with Crippen molar-refractivity contribution in [2.45, 2.75) is 6.54 Å². The molecule has 35 heavy (non-hydrogen) atoms. The van der Waals surface area contributed by atoms with Crippen molar-refractivity contribution < 1.29 is 14.3 Å². The topological polar surface area (TPSA) is 142 Å². The van der Waals surface area contributed by atoms with Crippen LogP contribution in [0.4, 0.5) is 0 Å². The number of aromatic nitrogens is 6. The zero-order chi connectivity index (χ0) is 25.3. The van der Waals surface area contributed by atoms with E-state index in [1.54, 1.807) is 22.8 Å². The summed E-state index contributed by atoms with van der Waals surface area (Å²) < 4.78 is 10.5. The Morgan fingerprint density at radius 2 is 1.80 bits per heavy atom. The summed E-state index contributed by atoms with van der Waals surface area (Å²) in [7, 11) is 6.15. The van der Waals surface area contributed by atoms with Gasteiger partial charge in [-0.05, 0) is 0 Å². The van der Waals surface area contributed by atoms with E-state index >= 15 is 0 Å². The maximum atomic E-state index is 12.8. The van der Waals surface area contributed by atoms with E-state index in [2.05, 4.69) is 20.3 Å². The van der Waals surface area contributed by atoms with Crippen LogP contribution >= 0.6 is 0 Å². The van der Waals surface area contributed by atoms with Gasteiger partial charge in [-0.25, -0.2) is 9.78 Å². The number of methoxy groups -OCH3 is 1. The van der Waals surface area contributed by atoms with Crippen molar-refractivity contribution in [2.75, 3.05) is 46.4 Å². The summed E-state index contributed by atoms with van der Waals surface area (Å²) >= 11 is 0. The molecule has 4 rings (SSSR count). The monoisotopic (exact) mass is 487 g/mol. The molecule has 3 aromatic heterocycles. The first-order chi connectivity index (χ1) is 16.7. The van der Waals surface area contributed by atoms with Crippen LogP contribution in [-0.2, 0) is 32.5 Å². The smallest absolute Gasteiger partial charge is 0.332 e. The molecule has 14 heteroatoms. The number of imidazole rings is 1. The highest BCUT2D eigenvalue weighted by Gasteiger charge is 2.26. The minimum Gasteiger partial charge on any atom is -0.479 e. The number of carbonyl (C=O) groups excluding carboxylic acids is 2. The third-order valence-corrected chi connectivity index (χ3v) is 6.16. The highest BCUT2D eigenvalue weighted by Crippen LogP contribution is 2.18. The summed E-state index contributed by atoms with van der Waals surface area (Å²) in [6, 6.07) is 0. The van der Waals surface area contributed by atoms with Crippen LogP contribution in [0.1, 0.15) is 10.4 Å². The SMILES string of the molecule is COc1nn(C)cc1C(=O)N1CCN(CCNC(=O)Cn2cnc3c2c(=O)n(C)c(=O)n3C)CC1. The number of nitrogens with zero attached hydrogens (tertiary/aromatic N) is 8. The maximum Gasteiger partial charge on any atom is 0.332 e. The van der Waals surface area contributed by atoms with Crippen molar-refractivity contribution in [3.63, 3.8) is 0 Å². The molecule has 1 N–H and O–H groups in total. The Bertz CT molecular complexity index is 1370. The van der Waals surface area contributed by atoms with E-state index in [1.165, 1.54) is 36.7 Å². The average Bonchev–Trinajstić information content (AvgIpc) is 3.44. The van der Waals surface area contributed by atoms with E-state index in [1.807, 2.05) is 0 Å². The quantitative estimate of drug-likeness (QED) is 0.394. The molecule has 0 aromatic carbocycles. The van der Waals surface area contributed by atoms with Gasteiger partial charge in [-0.15, -0.1) is 5.10 Å². The van der Waals surface area contributed by atoms with Gasteiger partial charge in [0, 0.05) is 66.6 Å². The highest BCUT2D eigenvalue weighted by molar-refractivity contribution is 5.96. The summed E-state index contributed by atoms with van der Waals surface area (Å²) in [6.07, 6.45) is 3.04. The van der Waals surface area contributed by atoms with Gasteiger partial charge in [0.15, 0.2) is 11.2 Å². The standard InChI is InChI=1S/C21H29N9O5/c1-25-11-14(18(24-25)35-4)19(32)29-9-7-28(8-10-29)6-5-22-15(31)12-30-13-23-17-16(30)20(33)27(3)21(34)26(17)2/h11,13H,5-10,12H2,1-4H3,(H,22,31). The Balaban J connectivity index is 1.27. The maximum absolute atomic E-state index is 12.8. The van der Waals surface area contributed by atoms with Gasteiger partial charge >= 0.3 is 5.69 Å². The van der Waals surface area contributed by atoms with Crippen LogP contribution in [0.2, 0.25) is 0 Å². The van der Waals surface area contributed by atoms with Crippen molar-refractivity contribution in [1.82, 2.24) is 43.6 Å². The average molecular weight is 488 g/mol. The van der Waals surface area contributed by atoms with Gasteiger partial charge in [-0.2, -0.15) is 0 Å². The first-order valence-corrected chi connectivity index (χ1v) is 11.2. The van der Waals surface area contributed by atoms with Crippen LogP contribution in [0, 0.1) is 0 Å². The number of fused-ring (bicyclic) bond motifs is 1. The van der Waals surface area contributed by atoms with Gasteiger partial charge < -0.3 is 19.5 Å². The van der Waals surface area contributed by atoms with Gasteiger partial charge in [0.25, 0.3) is 11.5 Å². The second kappa shape index (κ2) is 9.74. The van der Waals surface area contributed by atoms with Crippen molar-refractivity contribution >= 4 is 23.0 Å². The Labute approximate surface area is 200 Å². The van der Waals surface area contributed by atoms with Crippen molar-refractivity contribution in [2.24, 2.45) is 21.1 Å². The Kier molecular flexibility index (Phi) is 6.73. The number of amides is 2.